The van der Waals surface area contributed by atoms with E-state index in [2.05, 4.69) is 49.1 Å². The quantitative estimate of drug-likeness (QED) is 0.839. The first-order valence-electron chi connectivity index (χ1n) is 7.45. The van der Waals surface area contributed by atoms with Gasteiger partial charge in [0.05, 0.1) is 5.39 Å². The zero-order valence-corrected chi connectivity index (χ0v) is 13.7. The standard InChI is InChI=1S/C15H24N4S/c1-5-8-16-15-17-13(19(4)9-6-2)12-10-11(7-3)20-14(12)18-15/h10H,5-9H2,1-4H3,(H,16,17,18). The van der Waals surface area contributed by atoms with Gasteiger partial charge in [0.2, 0.25) is 5.95 Å². The molecule has 4 nitrogen and oxygen atoms in total. The molecule has 0 aliphatic rings. The van der Waals surface area contributed by atoms with Crippen molar-refractivity contribution in [2.24, 2.45) is 0 Å². The number of aryl methyl sites for hydroxylation is 1. The highest BCUT2D eigenvalue weighted by atomic mass is 32.1. The van der Waals surface area contributed by atoms with E-state index in [9.17, 15) is 0 Å². The lowest BCUT2D eigenvalue weighted by atomic mass is 10.3. The summed E-state index contributed by atoms with van der Waals surface area (Å²) in [7, 11) is 2.11. The Morgan fingerprint density at radius 2 is 2.00 bits per heavy atom. The molecule has 0 atom stereocenters. The van der Waals surface area contributed by atoms with E-state index in [0.29, 0.717) is 0 Å². The lowest BCUT2D eigenvalue weighted by molar-refractivity contribution is 0.839. The van der Waals surface area contributed by atoms with Crippen molar-refractivity contribution in [1.82, 2.24) is 9.97 Å². The average Bonchev–Trinajstić information content (AvgIpc) is 2.87. The van der Waals surface area contributed by atoms with Gasteiger partial charge in [0, 0.05) is 25.0 Å². The Bertz CT molecular complexity index is 564. The third-order valence-corrected chi connectivity index (χ3v) is 4.40. The maximum Gasteiger partial charge on any atom is 0.226 e. The predicted molar refractivity (Wildman–Crippen MR) is 89.1 cm³/mol. The van der Waals surface area contributed by atoms with Gasteiger partial charge in [-0.1, -0.05) is 20.8 Å². The molecule has 110 valence electrons. The van der Waals surface area contributed by atoms with E-state index in [4.69, 9.17) is 4.98 Å². The second-order valence-electron chi connectivity index (χ2n) is 5.00. The molecule has 2 aromatic heterocycles. The van der Waals surface area contributed by atoms with Crippen LogP contribution in [-0.4, -0.2) is 30.1 Å². The first-order valence-corrected chi connectivity index (χ1v) is 8.26. The Morgan fingerprint density at radius 1 is 1.20 bits per heavy atom. The van der Waals surface area contributed by atoms with Gasteiger partial charge < -0.3 is 10.2 Å². The number of hydrogen-bond donors (Lipinski definition) is 1. The number of aromatic nitrogens is 2. The zero-order valence-electron chi connectivity index (χ0n) is 12.9. The zero-order chi connectivity index (χ0) is 14.5. The van der Waals surface area contributed by atoms with Crippen LogP contribution < -0.4 is 10.2 Å². The second-order valence-corrected chi connectivity index (χ2v) is 6.12. The molecule has 0 amide bonds. The van der Waals surface area contributed by atoms with E-state index in [0.717, 1.165) is 48.9 Å². The van der Waals surface area contributed by atoms with Crippen molar-refractivity contribution in [3.05, 3.63) is 10.9 Å². The molecule has 0 spiro atoms. The molecule has 0 aliphatic heterocycles. The van der Waals surface area contributed by atoms with E-state index in [-0.39, 0.29) is 0 Å². The van der Waals surface area contributed by atoms with Gasteiger partial charge in [-0.2, -0.15) is 4.98 Å². The number of rotatable bonds is 7. The van der Waals surface area contributed by atoms with Gasteiger partial charge in [-0.25, -0.2) is 4.98 Å². The molecule has 0 radical (unpaired) electrons. The van der Waals surface area contributed by atoms with Gasteiger partial charge in [-0.3, -0.25) is 0 Å². The topological polar surface area (TPSA) is 41.1 Å². The van der Waals surface area contributed by atoms with Crippen molar-refractivity contribution in [3.8, 4) is 0 Å². The molecule has 5 heteroatoms. The molecule has 2 aromatic rings. The molecule has 0 unspecified atom stereocenters. The largest absolute Gasteiger partial charge is 0.359 e. The molecule has 0 aromatic carbocycles. The van der Waals surface area contributed by atoms with Crippen LogP contribution in [0, 0.1) is 0 Å². The highest BCUT2D eigenvalue weighted by molar-refractivity contribution is 7.18. The SMILES string of the molecule is CCCNc1nc(N(C)CCC)c2cc(CC)sc2n1. The smallest absolute Gasteiger partial charge is 0.226 e. The van der Waals surface area contributed by atoms with Gasteiger partial charge in [0.25, 0.3) is 0 Å². The minimum Gasteiger partial charge on any atom is -0.359 e. The molecule has 0 aliphatic carbocycles. The molecule has 1 N–H and O–H groups in total. The van der Waals surface area contributed by atoms with Crippen LogP contribution in [0.5, 0.6) is 0 Å². The summed E-state index contributed by atoms with van der Waals surface area (Å²) in [5, 5.41) is 4.49. The van der Waals surface area contributed by atoms with Crippen LogP contribution in [0.3, 0.4) is 0 Å². The van der Waals surface area contributed by atoms with Gasteiger partial charge in [0.15, 0.2) is 0 Å². The minimum absolute atomic E-state index is 0.752. The van der Waals surface area contributed by atoms with Crippen molar-refractivity contribution in [2.75, 3.05) is 30.4 Å². The lowest BCUT2D eigenvalue weighted by Crippen LogP contribution is -2.20. The monoisotopic (exact) mass is 292 g/mol. The summed E-state index contributed by atoms with van der Waals surface area (Å²) in [6, 6.07) is 2.24. The number of fused-ring (bicyclic) bond motifs is 1. The summed E-state index contributed by atoms with van der Waals surface area (Å²) in [5.41, 5.74) is 0. The maximum atomic E-state index is 4.71. The summed E-state index contributed by atoms with van der Waals surface area (Å²) in [5.74, 6) is 1.80. The Labute approximate surface area is 125 Å². The average molecular weight is 292 g/mol. The van der Waals surface area contributed by atoms with Crippen LogP contribution in [0.1, 0.15) is 38.5 Å². The Kier molecular flexibility index (Phi) is 5.17. The summed E-state index contributed by atoms with van der Waals surface area (Å²) in [6.07, 6.45) is 3.24. The molecule has 20 heavy (non-hydrogen) atoms. The van der Waals surface area contributed by atoms with E-state index in [1.165, 1.54) is 10.3 Å². The Morgan fingerprint density at radius 3 is 2.65 bits per heavy atom. The van der Waals surface area contributed by atoms with Crippen LogP contribution >= 0.6 is 11.3 Å². The Hall–Kier alpha value is -1.36. The summed E-state index contributed by atoms with van der Waals surface area (Å²) < 4.78 is 0. The number of anilines is 2. The number of thiophene rings is 1. The molecule has 0 fully saturated rings. The van der Waals surface area contributed by atoms with E-state index in [1.807, 2.05) is 0 Å². The summed E-state index contributed by atoms with van der Waals surface area (Å²) in [6.45, 7) is 8.45. The van der Waals surface area contributed by atoms with Crippen molar-refractivity contribution >= 4 is 33.3 Å². The fourth-order valence-electron chi connectivity index (χ4n) is 2.18. The van der Waals surface area contributed by atoms with Gasteiger partial charge in [-0.15, -0.1) is 11.3 Å². The number of hydrogen-bond acceptors (Lipinski definition) is 5. The summed E-state index contributed by atoms with van der Waals surface area (Å²) in [4.78, 5) is 14.1. The van der Waals surface area contributed by atoms with Crippen LogP contribution in [0.2, 0.25) is 0 Å². The van der Waals surface area contributed by atoms with Crippen molar-refractivity contribution in [3.63, 3.8) is 0 Å². The van der Waals surface area contributed by atoms with Crippen LogP contribution in [0.25, 0.3) is 10.2 Å². The molecular weight excluding hydrogens is 268 g/mol. The van der Waals surface area contributed by atoms with Crippen molar-refractivity contribution < 1.29 is 0 Å². The molecule has 2 heterocycles. The van der Waals surface area contributed by atoms with Crippen LogP contribution in [-0.2, 0) is 6.42 Å². The Balaban J connectivity index is 2.46. The molecule has 2 rings (SSSR count). The third kappa shape index (κ3) is 3.20. The van der Waals surface area contributed by atoms with Crippen molar-refractivity contribution in [1.29, 1.82) is 0 Å². The molecule has 0 saturated heterocycles. The lowest BCUT2D eigenvalue weighted by Gasteiger charge is -2.18. The highest BCUT2D eigenvalue weighted by Crippen LogP contribution is 2.32. The maximum absolute atomic E-state index is 4.71. The first kappa shape index (κ1) is 15.0. The molecule has 0 bridgehead atoms. The van der Waals surface area contributed by atoms with Crippen molar-refractivity contribution in [2.45, 2.75) is 40.0 Å². The van der Waals surface area contributed by atoms with E-state index < -0.39 is 0 Å². The van der Waals surface area contributed by atoms with Gasteiger partial charge in [0.1, 0.15) is 10.6 Å². The van der Waals surface area contributed by atoms with Crippen LogP contribution in [0.15, 0.2) is 6.07 Å². The van der Waals surface area contributed by atoms with Gasteiger partial charge in [-0.05, 0) is 25.3 Å². The number of nitrogens with one attached hydrogen (secondary N) is 1. The summed E-state index contributed by atoms with van der Waals surface area (Å²) >= 11 is 1.78. The normalized spacial score (nSPS) is 11.0. The fraction of sp³-hybridized carbons (Fsp3) is 0.600. The van der Waals surface area contributed by atoms with Gasteiger partial charge >= 0.3 is 0 Å². The predicted octanol–water partition coefficient (Wildman–Crippen LogP) is 3.92. The molecule has 0 saturated carbocycles. The first-order chi connectivity index (χ1) is 9.69. The molecular formula is C15H24N4S. The van der Waals surface area contributed by atoms with E-state index in [1.54, 1.807) is 11.3 Å². The second kappa shape index (κ2) is 6.88. The minimum atomic E-state index is 0.752. The highest BCUT2D eigenvalue weighted by Gasteiger charge is 2.14. The van der Waals surface area contributed by atoms with Crippen LogP contribution in [0.4, 0.5) is 11.8 Å². The number of nitrogens with zero attached hydrogens (tertiary/aromatic N) is 3. The van der Waals surface area contributed by atoms with E-state index >= 15 is 0 Å². The fourth-order valence-corrected chi connectivity index (χ4v) is 3.14. The third-order valence-electron chi connectivity index (χ3n) is 3.23.